The second kappa shape index (κ2) is 7.48. The van der Waals surface area contributed by atoms with Crippen LogP contribution in [0.5, 0.6) is 11.5 Å². The van der Waals surface area contributed by atoms with Gasteiger partial charge in [-0.2, -0.15) is 0 Å². The molecule has 0 saturated heterocycles. The Hall–Kier alpha value is -1.77. The molecule has 0 aromatic heterocycles. The van der Waals surface area contributed by atoms with E-state index < -0.39 is 13.4 Å². The van der Waals surface area contributed by atoms with Crippen molar-refractivity contribution in [3.8, 4) is 11.5 Å². The van der Waals surface area contributed by atoms with Crippen molar-refractivity contribution in [1.82, 2.24) is 0 Å². The second-order valence-electron chi connectivity index (χ2n) is 5.55. The number of nitrogens with two attached hydrogens (primary N) is 1. The molecule has 2 rings (SSSR count). The van der Waals surface area contributed by atoms with Crippen LogP contribution < -0.4 is 14.8 Å². The predicted octanol–water partition coefficient (Wildman–Crippen LogP) is 4.67. The van der Waals surface area contributed by atoms with E-state index in [4.69, 9.17) is 14.8 Å². The average molecular weight is 319 g/mol. The number of hydrogen-bond acceptors (Lipinski definition) is 4. The van der Waals surface area contributed by atoms with Crippen LogP contribution in [0.2, 0.25) is 0 Å². The van der Waals surface area contributed by atoms with Gasteiger partial charge in [0.05, 0.1) is 0 Å². The van der Waals surface area contributed by atoms with Crippen molar-refractivity contribution in [1.29, 1.82) is 0 Å². The van der Waals surface area contributed by atoms with E-state index in [9.17, 15) is 4.57 Å². The summed E-state index contributed by atoms with van der Waals surface area (Å²) in [5.74, 6) is 0.580. The maximum atomic E-state index is 13.2. The number of para-hydroxylation sites is 2. The Bertz CT molecular complexity index is 571. The minimum atomic E-state index is -3.53. The molecule has 0 aliphatic rings. The molecule has 0 spiro atoms. The summed E-state index contributed by atoms with van der Waals surface area (Å²) in [7, 11) is -3.53. The van der Waals surface area contributed by atoms with Crippen LogP contribution in [0.3, 0.4) is 0 Å². The number of hydrogen-bond donors (Lipinski definition) is 1. The van der Waals surface area contributed by atoms with Crippen LogP contribution in [0.25, 0.3) is 0 Å². The zero-order chi connectivity index (χ0) is 16.0. The SMILES string of the molecule is CC(C)CC(N)P(=O)(Oc1ccccc1)Oc1ccccc1. The van der Waals surface area contributed by atoms with E-state index in [-0.39, 0.29) is 0 Å². The Morgan fingerprint density at radius 1 is 0.909 bits per heavy atom. The van der Waals surface area contributed by atoms with Gasteiger partial charge in [-0.05, 0) is 36.6 Å². The highest BCUT2D eigenvalue weighted by Crippen LogP contribution is 2.52. The molecular formula is C17H22NO3P. The zero-order valence-corrected chi connectivity index (χ0v) is 13.8. The van der Waals surface area contributed by atoms with E-state index in [1.54, 1.807) is 24.3 Å². The first-order valence-corrected chi connectivity index (χ1v) is 8.95. The lowest BCUT2D eigenvalue weighted by Crippen LogP contribution is -2.27. The molecule has 0 bridgehead atoms. The maximum Gasteiger partial charge on any atom is 0.447 e. The van der Waals surface area contributed by atoms with E-state index in [1.165, 1.54) is 0 Å². The molecule has 2 N–H and O–H groups in total. The summed E-state index contributed by atoms with van der Waals surface area (Å²) in [5, 5.41) is 0. The number of benzene rings is 2. The Morgan fingerprint density at radius 2 is 1.32 bits per heavy atom. The highest BCUT2D eigenvalue weighted by molar-refractivity contribution is 7.55. The Balaban J connectivity index is 2.25. The second-order valence-corrected chi connectivity index (χ2v) is 7.65. The highest BCUT2D eigenvalue weighted by Gasteiger charge is 2.37. The quantitative estimate of drug-likeness (QED) is 0.753. The smallest absolute Gasteiger partial charge is 0.415 e. The summed E-state index contributed by atoms with van der Waals surface area (Å²) < 4.78 is 24.6. The Labute approximate surface area is 131 Å². The Morgan fingerprint density at radius 3 is 1.68 bits per heavy atom. The van der Waals surface area contributed by atoms with Gasteiger partial charge in [0.2, 0.25) is 0 Å². The third kappa shape index (κ3) is 4.62. The zero-order valence-electron chi connectivity index (χ0n) is 12.9. The van der Waals surface area contributed by atoms with Crippen LogP contribution in [0, 0.1) is 5.92 Å². The fourth-order valence-electron chi connectivity index (χ4n) is 2.02. The number of rotatable bonds is 7. The fourth-order valence-corrected chi connectivity index (χ4v) is 3.84. The van der Waals surface area contributed by atoms with Gasteiger partial charge < -0.3 is 14.8 Å². The van der Waals surface area contributed by atoms with Crippen LogP contribution >= 0.6 is 7.60 Å². The first-order valence-electron chi connectivity index (χ1n) is 7.34. The van der Waals surface area contributed by atoms with Crippen molar-refractivity contribution in [3.05, 3.63) is 60.7 Å². The molecule has 2 aromatic rings. The predicted molar refractivity (Wildman–Crippen MR) is 89.2 cm³/mol. The lowest BCUT2D eigenvalue weighted by Gasteiger charge is -2.26. The fraction of sp³-hybridized carbons (Fsp3) is 0.294. The van der Waals surface area contributed by atoms with Gasteiger partial charge in [-0.15, -0.1) is 0 Å². The average Bonchev–Trinajstić information content (AvgIpc) is 2.48. The van der Waals surface area contributed by atoms with Crippen LogP contribution in [0.15, 0.2) is 60.7 Å². The first-order chi connectivity index (χ1) is 10.5. The largest absolute Gasteiger partial charge is 0.447 e. The van der Waals surface area contributed by atoms with Gasteiger partial charge >= 0.3 is 7.60 Å². The van der Waals surface area contributed by atoms with Crippen molar-refractivity contribution >= 4 is 7.60 Å². The third-order valence-corrected chi connectivity index (χ3v) is 5.02. The molecule has 1 unspecified atom stereocenters. The summed E-state index contributed by atoms with van der Waals surface area (Å²) in [6, 6.07) is 17.9. The van der Waals surface area contributed by atoms with Crippen LogP contribution in [0.4, 0.5) is 0 Å². The normalized spacial score (nSPS) is 12.9. The molecule has 0 heterocycles. The van der Waals surface area contributed by atoms with Gasteiger partial charge in [-0.3, -0.25) is 0 Å². The standard InChI is InChI=1S/C17H22NO3P/c1-14(2)13-17(18)22(19,20-15-9-5-3-6-10-15)21-16-11-7-4-8-12-16/h3-12,14,17H,13,18H2,1-2H3. The van der Waals surface area contributed by atoms with Gasteiger partial charge in [0, 0.05) is 0 Å². The van der Waals surface area contributed by atoms with Crippen LogP contribution in [0.1, 0.15) is 20.3 Å². The summed E-state index contributed by atoms with van der Waals surface area (Å²) in [6.45, 7) is 4.05. The summed E-state index contributed by atoms with van der Waals surface area (Å²) in [5.41, 5.74) is 6.14. The molecule has 2 aromatic carbocycles. The molecular weight excluding hydrogens is 297 g/mol. The molecule has 0 aliphatic carbocycles. The van der Waals surface area contributed by atoms with E-state index >= 15 is 0 Å². The van der Waals surface area contributed by atoms with Crippen molar-refractivity contribution < 1.29 is 13.6 Å². The van der Waals surface area contributed by atoms with Gasteiger partial charge in [0.15, 0.2) is 0 Å². The topological polar surface area (TPSA) is 61.6 Å². The van der Waals surface area contributed by atoms with Crippen LogP contribution in [-0.2, 0) is 4.57 Å². The first kappa shape index (κ1) is 16.6. The van der Waals surface area contributed by atoms with Crippen molar-refractivity contribution in [2.75, 3.05) is 0 Å². The van der Waals surface area contributed by atoms with Crippen molar-refractivity contribution in [3.63, 3.8) is 0 Å². The molecule has 5 heteroatoms. The molecule has 0 amide bonds. The third-order valence-electron chi connectivity index (χ3n) is 3.07. The molecule has 1 atom stereocenters. The lowest BCUT2D eigenvalue weighted by atomic mass is 10.1. The minimum absolute atomic E-state index is 0.294. The summed E-state index contributed by atoms with van der Waals surface area (Å²) in [4.78, 5) is 0. The minimum Gasteiger partial charge on any atom is -0.415 e. The van der Waals surface area contributed by atoms with Gasteiger partial charge in [-0.25, -0.2) is 4.57 Å². The van der Waals surface area contributed by atoms with E-state index in [0.29, 0.717) is 23.8 Å². The molecule has 22 heavy (non-hydrogen) atoms. The maximum absolute atomic E-state index is 13.2. The van der Waals surface area contributed by atoms with Gasteiger partial charge in [0.25, 0.3) is 0 Å². The molecule has 4 nitrogen and oxygen atoms in total. The summed E-state index contributed by atoms with van der Waals surface area (Å²) >= 11 is 0. The van der Waals surface area contributed by atoms with Gasteiger partial charge in [0.1, 0.15) is 17.3 Å². The highest BCUT2D eigenvalue weighted by atomic mass is 31.2. The van der Waals surface area contributed by atoms with Crippen molar-refractivity contribution in [2.24, 2.45) is 11.7 Å². The molecule has 0 radical (unpaired) electrons. The van der Waals surface area contributed by atoms with Crippen molar-refractivity contribution in [2.45, 2.75) is 26.1 Å². The lowest BCUT2D eigenvalue weighted by molar-refractivity contribution is 0.361. The Kier molecular flexibility index (Phi) is 5.64. The van der Waals surface area contributed by atoms with E-state index in [0.717, 1.165) is 0 Å². The molecule has 0 aliphatic heterocycles. The van der Waals surface area contributed by atoms with Crippen LogP contribution in [-0.4, -0.2) is 5.78 Å². The molecule has 118 valence electrons. The van der Waals surface area contributed by atoms with E-state index in [2.05, 4.69) is 0 Å². The summed E-state index contributed by atoms with van der Waals surface area (Å²) in [6.07, 6.45) is 0.553. The molecule has 0 fully saturated rings. The van der Waals surface area contributed by atoms with Gasteiger partial charge in [-0.1, -0.05) is 50.2 Å². The van der Waals surface area contributed by atoms with E-state index in [1.807, 2.05) is 50.2 Å². The molecule has 0 saturated carbocycles. The monoisotopic (exact) mass is 319 g/mol.